The number of alkyl carbamates (subject to hydrolysis) is 1. The normalized spacial score (nSPS) is 14.4. The van der Waals surface area contributed by atoms with Crippen LogP contribution in [0.4, 0.5) is 10.5 Å². The molecule has 4 nitrogen and oxygen atoms in total. The lowest BCUT2D eigenvalue weighted by atomic mass is 10.1. The van der Waals surface area contributed by atoms with Gasteiger partial charge in [-0.1, -0.05) is 18.2 Å². The summed E-state index contributed by atoms with van der Waals surface area (Å²) in [6.45, 7) is 9.52. The zero-order valence-corrected chi connectivity index (χ0v) is 12.4. The minimum absolute atomic E-state index is 0.0324. The van der Waals surface area contributed by atoms with Crippen LogP contribution in [-0.2, 0) is 4.74 Å². The first-order chi connectivity index (χ1) is 8.78. The van der Waals surface area contributed by atoms with Gasteiger partial charge in [-0.2, -0.15) is 0 Å². The van der Waals surface area contributed by atoms with Gasteiger partial charge in [0, 0.05) is 17.8 Å². The van der Waals surface area contributed by atoms with E-state index in [1.807, 2.05) is 65.0 Å². The van der Waals surface area contributed by atoms with E-state index in [2.05, 4.69) is 10.6 Å². The van der Waals surface area contributed by atoms with E-state index in [1.54, 1.807) is 0 Å². The van der Waals surface area contributed by atoms with Gasteiger partial charge in [-0.25, -0.2) is 4.79 Å². The van der Waals surface area contributed by atoms with Crippen LogP contribution >= 0.6 is 0 Å². The van der Waals surface area contributed by atoms with E-state index < -0.39 is 5.60 Å². The number of rotatable bonds is 4. The molecule has 2 atom stereocenters. The van der Waals surface area contributed by atoms with Crippen molar-refractivity contribution in [1.82, 2.24) is 5.32 Å². The maximum Gasteiger partial charge on any atom is 0.407 e. The number of amides is 1. The Labute approximate surface area is 115 Å². The number of nitrogens with one attached hydrogen (secondary N) is 2. The molecule has 106 valence electrons. The smallest absolute Gasteiger partial charge is 0.407 e. The van der Waals surface area contributed by atoms with Crippen LogP contribution in [0.15, 0.2) is 30.3 Å². The van der Waals surface area contributed by atoms with Gasteiger partial charge in [-0.3, -0.25) is 0 Å². The molecule has 2 N–H and O–H groups in total. The monoisotopic (exact) mass is 264 g/mol. The van der Waals surface area contributed by atoms with Crippen LogP contribution < -0.4 is 10.6 Å². The van der Waals surface area contributed by atoms with Gasteiger partial charge in [0.2, 0.25) is 0 Å². The second kappa shape index (κ2) is 6.45. The highest BCUT2D eigenvalue weighted by molar-refractivity contribution is 5.68. The van der Waals surface area contributed by atoms with Crippen molar-refractivity contribution in [3.63, 3.8) is 0 Å². The predicted octanol–water partition coefficient (Wildman–Crippen LogP) is 3.40. The van der Waals surface area contributed by atoms with Crippen molar-refractivity contribution >= 4 is 11.8 Å². The molecule has 0 saturated heterocycles. The van der Waals surface area contributed by atoms with E-state index in [0.717, 1.165) is 5.69 Å². The molecule has 19 heavy (non-hydrogen) atoms. The Balaban J connectivity index is 2.45. The number of hydrogen-bond donors (Lipinski definition) is 2. The van der Waals surface area contributed by atoms with Crippen LogP contribution in [0.5, 0.6) is 0 Å². The summed E-state index contributed by atoms with van der Waals surface area (Å²) in [5.41, 5.74) is 0.563. The summed E-state index contributed by atoms with van der Waals surface area (Å²) >= 11 is 0. The second-order valence-electron chi connectivity index (χ2n) is 5.73. The Morgan fingerprint density at radius 1 is 1.11 bits per heavy atom. The third kappa shape index (κ3) is 6.13. The van der Waals surface area contributed by atoms with E-state index >= 15 is 0 Å². The highest BCUT2D eigenvalue weighted by Crippen LogP contribution is 2.10. The number of benzene rings is 1. The molecular weight excluding hydrogens is 240 g/mol. The van der Waals surface area contributed by atoms with Crippen LogP contribution in [0.2, 0.25) is 0 Å². The lowest BCUT2D eigenvalue weighted by Crippen LogP contribution is -2.45. The molecule has 0 spiro atoms. The van der Waals surface area contributed by atoms with Crippen molar-refractivity contribution in [3.8, 4) is 0 Å². The molecule has 0 aliphatic carbocycles. The summed E-state index contributed by atoms with van der Waals surface area (Å²) in [6.07, 6.45) is -0.387. The Morgan fingerprint density at radius 2 is 1.68 bits per heavy atom. The molecule has 0 radical (unpaired) electrons. The maximum absolute atomic E-state index is 11.7. The number of hydrogen-bond acceptors (Lipinski definition) is 3. The van der Waals surface area contributed by atoms with Crippen LogP contribution in [0.25, 0.3) is 0 Å². The molecule has 0 aliphatic heterocycles. The van der Waals surface area contributed by atoms with Crippen LogP contribution in [-0.4, -0.2) is 23.8 Å². The molecule has 1 aromatic carbocycles. The predicted molar refractivity (Wildman–Crippen MR) is 78.4 cm³/mol. The van der Waals surface area contributed by atoms with Gasteiger partial charge < -0.3 is 15.4 Å². The van der Waals surface area contributed by atoms with Crippen LogP contribution in [0, 0.1) is 0 Å². The lowest BCUT2D eigenvalue weighted by molar-refractivity contribution is 0.0505. The van der Waals surface area contributed by atoms with Crippen molar-refractivity contribution in [2.45, 2.75) is 52.3 Å². The number of carbonyl (C=O) groups is 1. The molecule has 0 saturated carbocycles. The standard InChI is InChI=1S/C15H24N2O2/c1-11(16-13-9-7-6-8-10-13)12(2)17-14(18)19-15(3,4)5/h6-12,16H,1-5H3,(H,17,18). The second-order valence-corrected chi connectivity index (χ2v) is 5.73. The molecular formula is C15H24N2O2. The van der Waals surface area contributed by atoms with Gasteiger partial charge >= 0.3 is 6.09 Å². The van der Waals surface area contributed by atoms with Gasteiger partial charge in [0.1, 0.15) is 5.60 Å². The fraction of sp³-hybridized carbons (Fsp3) is 0.533. The van der Waals surface area contributed by atoms with Gasteiger partial charge in [-0.15, -0.1) is 0 Å². The minimum Gasteiger partial charge on any atom is -0.444 e. The van der Waals surface area contributed by atoms with Crippen molar-refractivity contribution in [1.29, 1.82) is 0 Å². The SMILES string of the molecule is CC(NC(=O)OC(C)(C)C)C(C)Nc1ccccc1. The fourth-order valence-corrected chi connectivity index (χ4v) is 1.54. The van der Waals surface area contributed by atoms with E-state index in [4.69, 9.17) is 4.74 Å². The number of para-hydroxylation sites is 1. The van der Waals surface area contributed by atoms with Crippen molar-refractivity contribution in [2.24, 2.45) is 0 Å². The Hall–Kier alpha value is -1.71. The first kappa shape index (κ1) is 15.3. The minimum atomic E-state index is -0.472. The molecule has 0 fully saturated rings. The third-order valence-corrected chi connectivity index (χ3v) is 2.66. The fourth-order valence-electron chi connectivity index (χ4n) is 1.54. The van der Waals surface area contributed by atoms with Gasteiger partial charge in [0.15, 0.2) is 0 Å². The number of carbonyl (C=O) groups excluding carboxylic acids is 1. The zero-order valence-electron chi connectivity index (χ0n) is 12.4. The summed E-state index contributed by atoms with van der Waals surface area (Å²) in [5.74, 6) is 0. The topological polar surface area (TPSA) is 50.4 Å². The Kier molecular flexibility index (Phi) is 5.21. The van der Waals surface area contributed by atoms with E-state index in [-0.39, 0.29) is 18.2 Å². The Bertz CT molecular complexity index is 398. The summed E-state index contributed by atoms with van der Waals surface area (Å²) < 4.78 is 5.23. The molecule has 1 amide bonds. The van der Waals surface area contributed by atoms with Gasteiger partial charge in [0.05, 0.1) is 0 Å². The van der Waals surface area contributed by atoms with Crippen molar-refractivity contribution in [3.05, 3.63) is 30.3 Å². The van der Waals surface area contributed by atoms with E-state index in [9.17, 15) is 4.79 Å². The third-order valence-electron chi connectivity index (χ3n) is 2.66. The van der Waals surface area contributed by atoms with Crippen LogP contribution in [0.3, 0.4) is 0 Å². The van der Waals surface area contributed by atoms with Crippen molar-refractivity contribution < 1.29 is 9.53 Å². The largest absolute Gasteiger partial charge is 0.444 e. The summed E-state index contributed by atoms with van der Waals surface area (Å²) in [5, 5.41) is 6.17. The average molecular weight is 264 g/mol. The molecule has 0 heterocycles. The summed E-state index contributed by atoms with van der Waals surface area (Å²) in [4.78, 5) is 11.7. The zero-order chi connectivity index (χ0) is 14.5. The maximum atomic E-state index is 11.7. The molecule has 0 aliphatic rings. The summed E-state index contributed by atoms with van der Waals surface area (Å²) in [6, 6.07) is 9.98. The van der Waals surface area contributed by atoms with Crippen molar-refractivity contribution in [2.75, 3.05) is 5.32 Å². The lowest BCUT2D eigenvalue weighted by Gasteiger charge is -2.26. The Morgan fingerprint density at radius 3 is 2.21 bits per heavy atom. The average Bonchev–Trinajstić information content (AvgIpc) is 2.27. The van der Waals surface area contributed by atoms with Gasteiger partial charge in [-0.05, 0) is 46.8 Å². The molecule has 1 aromatic rings. The van der Waals surface area contributed by atoms with Crippen LogP contribution in [0.1, 0.15) is 34.6 Å². The summed E-state index contributed by atoms with van der Waals surface area (Å²) in [7, 11) is 0. The molecule has 2 unspecified atom stereocenters. The number of anilines is 1. The molecule has 0 aromatic heterocycles. The van der Waals surface area contributed by atoms with E-state index in [0.29, 0.717) is 0 Å². The van der Waals surface area contributed by atoms with E-state index in [1.165, 1.54) is 0 Å². The number of ether oxygens (including phenoxy) is 1. The highest BCUT2D eigenvalue weighted by Gasteiger charge is 2.20. The highest BCUT2D eigenvalue weighted by atomic mass is 16.6. The molecule has 4 heteroatoms. The quantitative estimate of drug-likeness (QED) is 0.876. The first-order valence-corrected chi connectivity index (χ1v) is 6.59. The van der Waals surface area contributed by atoms with Gasteiger partial charge in [0.25, 0.3) is 0 Å². The first-order valence-electron chi connectivity index (χ1n) is 6.59. The molecule has 1 rings (SSSR count). The molecule has 0 bridgehead atoms.